The molecule has 2 atom stereocenters. The summed E-state index contributed by atoms with van der Waals surface area (Å²) < 4.78 is 28.3. The lowest BCUT2D eigenvalue weighted by atomic mass is 9.97. The molecule has 0 radical (unpaired) electrons. The van der Waals surface area contributed by atoms with Gasteiger partial charge in [-0.15, -0.1) is 0 Å². The molecule has 0 aliphatic carbocycles. The largest absolute Gasteiger partial charge is 0.452 e. The van der Waals surface area contributed by atoms with Crippen molar-refractivity contribution in [2.75, 3.05) is 12.9 Å². The second kappa shape index (κ2) is 7.74. The molecular weight excluding hydrogens is 366 g/mol. The van der Waals surface area contributed by atoms with E-state index in [0.29, 0.717) is 0 Å². The first-order chi connectivity index (χ1) is 11.6. The van der Waals surface area contributed by atoms with E-state index < -0.39 is 22.4 Å². The number of esters is 1. The summed E-state index contributed by atoms with van der Waals surface area (Å²) in [6, 6.07) is 4.01. The van der Waals surface area contributed by atoms with Gasteiger partial charge in [0.1, 0.15) is 0 Å². The number of hydrogen-bond donors (Lipinski definition) is 0. The predicted molar refractivity (Wildman–Crippen MR) is 94.5 cm³/mol. The number of piperidine rings is 1. The van der Waals surface area contributed by atoms with E-state index in [1.54, 1.807) is 4.90 Å². The Morgan fingerprint density at radius 3 is 2.40 bits per heavy atom. The lowest BCUT2D eigenvalue weighted by Crippen LogP contribution is -2.49. The molecule has 8 heteroatoms. The van der Waals surface area contributed by atoms with Crippen molar-refractivity contribution in [2.45, 2.75) is 50.1 Å². The van der Waals surface area contributed by atoms with Gasteiger partial charge < -0.3 is 9.64 Å². The number of likely N-dealkylation sites (tertiary alicyclic amines) is 1. The quantitative estimate of drug-likeness (QED) is 0.742. The third kappa shape index (κ3) is 4.73. The first kappa shape index (κ1) is 19.7. The average Bonchev–Trinajstić information content (AvgIpc) is 2.51. The number of carbonyl (C=O) groups excluding carboxylic acids is 2. The van der Waals surface area contributed by atoms with Gasteiger partial charge in [0.25, 0.3) is 5.91 Å². The standard InChI is InChI=1S/C17H22ClNO5S/c1-11-5-4-6-12(2)19(11)16(20)10-24-17(21)14-9-13(25(3,22)23)7-8-15(14)18/h7-9,11-12H,4-6,10H2,1-3H3/t11-,12-/m1/s1. The van der Waals surface area contributed by atoms with Crippen molar-refractivity contribution in [2.24, 2.45) is 0 Å². The van der Waals surface area contributed by atoms with E-state index in [1.165, 1.54) is 12.1 Å². The summed E-state index contributed by atoms with van der Waals surface area (Å²) in [6.45, 7) is 3.55. The lowest BCUT2D eigenvalue weighted by molar-refractivity contribution is -0.140. The van der Waals surface area contributed by atoms with Crippen LogP contribution < -0.4 is 0 Å². The fraction of sp³-hybridized carbons (Fsp3) is 0.529. The maximum absolute atomic E-state index is 12.4. The van der Waals surface area contributed by atoms with Crippen LogP contribution in [0, 0.1) is 0 Å². The van der Waals surface area contributed by atoms with Gasteiger partial charge in [0, 0.05) is 18.3 Å². The summed E-state index contributed by atoms with van der Waals surface area (Å²) in [5.74, 6) is -1.08. The Labute approximate surface area is 153 Å². The molecule has 1 aliphatic rings. The van der Waals surface area contributed by atoms with Crippen molar-refractivity contribution in [3.8, 4) is 0 Å². The highest BCUT2D eigenvalue weighted by Crippen LogP contribution is 2.24. The molecular formula is C17H22ClNO5S. The van der Waals surface area contributed by atoms with E-state index in [4.69, 9.17) is 16.3 Å². The molecule has 0 spiro atoms. The number of amides is 1. The van der Waals surface area contributed by atoms with Crippen LogP contribution in [0.2, 0.25) is 5.02 Å². The Morgan fingerprint density at radius 1 is 1.24 bits per heavy atom. The molecule has 0 saturated carbocycles. The molecule has 1 fully saturated rings. The summed E-state index contributed by atoms with van der Waals surface area (Å²) >= 11 is 5.96. The Morgan fingerprint density at radius 2 is 1.84 bits per heavy atom. The molecule has 1 saturated heterocycles. The van der Waals surface area contributed by atoms with Crippen molar-refractivity contribution in [3.63, 3.8) is 0 Å². The minimum atomic E-state index is -3.48. The highest BCUT2D eigenvalue weighted by molar-refractivity contribution is 7.90. The van der Waals surface area contributed by atoms with Crippen LogP contribution in [-0.2, 0) is 19.4 Å². The number of rotatable bonds is 4. The monoisotopic (exact) mass is 387 g/mol. The zero-order chi connectivity index (χ0) is 18.8. The zero-order valence-electron chi connectivity index (χ0n) is 14.5. The van der Waals surface area contributed by atoms with Crippen LogP contribution in [0.1, 0.15) is 43.5 Å². The third-order valence-corrected chi connectivity index (χ3v) is 5.83. The first-order valence-electron chi connectivity index (χ1n) is 8.09. The molecule has 2 rings (SSSR count). The highest BCUT2D eigenvalue weighted by atomic mass is 35.5. The number of ether oxygens (including phenoxy) is 1. The van der Waals surface area contributed by atoms with E-state index in [1.807, 2.05) is 13.8 Å². The van der Waals surface area contributed by atoms with Gasteiger partial charge in [-0.1, -0.05) is 11.6 Å². The van der Waals surface area contributed by atoms with Gasteiger partial charge >= 0.3 is 5.97 Å². The first-order valence-corrected chi connectivity index (χ1v) is 10.4. The molecule has 1 amide bonds. The van der Waals surface area contributed by atoms with Crippen molar-refractivity contribution in [1.29, 1.82) is 0 Å². The molecule has 25 heavy (non-hydrogen) atoms. The highest BCUT2D eigenvalue weighted by Gasteiger charge is 2.29. The molecule has 138 valence electrons. The summed E-state index contributed by atoms with van der Waals surface area (Å²) in [4.78, 5) is 26.3. The van der Waals surface area contributed by atoms with Crippen molar-refractivity contribution in [1.82, 2.24) is 4.90 Å². The number of halogens is 1. The maximum Gasteiger partial charge on any atom is 0.340 e. The van der Waals surface area contributed by atoms with E-state index in [2.05, 4.69) is 0 Å². The van der Waals surface area contributed by atoms with Gasteiger partial charge in [0.2, 0.25) is 0 Å². The summed E-state index contributed by atoms with van der Waals surface area (Å²) in [7, 11) is -3.48. The normalized spacial score (nSPS) is 21.0. The fourth-order valence-electron chi connectivity index (χ4n) is 3.08. The Balaban J connectivity index is 2.09. The van der Waals surface area contributed by atoms with E-state index in [-0.39, 0.29) is 33.5 Å². The smallest absolute Gasteiger partial charge is 0.340 e. The van der Waals surface area contributed by atoms with E-state index >= 15 is 0 Å². The minimum Gasteiger partial charge on any atom is -0.452 e. The summed E-state index contributed by atoms with van der Waals surface area (Å²) in [5.41, 5.74) is -0.0721. The number of carbonyl (C=O) groups is 2. The van der Waals surface area contributed by atoms with Gasteiger partial charge in [0.15, 0.2) is 16.4 Å². The molecule has 1 aliphatic heterocycles. The molecule has 1 aromatic rings. The molecule has 0 bridgehead atoms. The van der Waals surface area contributed by atoms with E-state index in [9.17, 15) is 18.0 Å². The Hall–Kier alpha value is -1.60. The lowest BCUT2D eigenvalue weighted by Gasteiger charge is -2.38. The third-order valence-electron chi connectivity index (χ3n) is 4.39. The van der Waals surface area contributed by atoms with Crippen LogP contribution in [0.4, 0.5) is 0 Å². The van der Waals surface area contributed by atoms with Crippen LogP contribution in [0.15, 0.2) is 23.1 Å². The van der Waals surface area contributed by atoms with Gasteiger partial charge in [-0.25, -0.2) is 13.2 Å². The SMILES string of the molecule is C[C@@H]1CCC[C@@H](C)N1C(=O)COC(=O)c1cc(S(C)(=O)=O)ccc1Cl. The molecule has 1 aromatic carbocycles. The number of benzene rings is 1. The fourth-order valence-corrected chi connectivity index (χ4v) is 3.93. The second-order valence-corrected chi connectivity index (χ2v) is 8.84. The van der Waals surface area contributed by atoms with E-state index in [0.717, 1.165) is 31.6 Å². The van der Waals surface area contributed by atoms with Gasteiger partial charge in [-0.2, -0.15) is 0 Å². The zero-order valence-corrected chi connectivity index (χ0v) is 16.1. The number of nitrogens with zero attached hydrogens (tertiary/aromatic N) is 1. The Bertz CT molecular complexity index is 767. The average molecular weight is 388 g/mol. The van der Waals surface area contributed by atoms with Crippen LogP contribution in [0.25, 0.3) is 0 Å². The summed E-state index contributed by atoms with van der Waals surface area (Å²) in [5, 5.41) is 0.0737. The van der Waals surface area contributed by atoms with Gasteiger partial charge in [-0.05, 0) is 51.3 Å². The predicted octanol–water partition coefficient (Wildman–Crippen LogP) is 2.69. The van der Waals surface area contributed by atoms with Gasteiger partial charge in [0.05, 0.1) is 15.5 Å². The minimum absolute atomic E-state index is 0.0338. The maximum atomic E-state index is 12.4. The molecule has 0 N–H and O–H groups in total. The van der Waals surface area contributed by atoms with Crippen molar-refractivity contribution in [3.05, 3.63) is 28.8 Å². The number of sulfone groups is 1. The van der Waals surface area contributed by atoms with Crippen molar-refractivity contribution >= 4 is 33.3 Å². The topological polar surface area (TPSA) is 80.8 Å². The molecule has 1 heterocycles. The van der Waals surface area contributed by atoms with Gasteiger partial charge in [-0.3, -0.25) is 4.79 Å². The van der Waals surface area contributed by atoms with Crippen LogP contribution in [-0.4, -0.2) is 50.1 Å². The van der Waals surface area contributed by atoms with Crippen molar-refractivity contribution < 1.29 is 22.7 Å². The molecule has 0 aromatic heterocycles. The summed E-state index contributed by atoms with van der Waals surface area (Å²) in [6.07, 6.45) is 3.95. The Kier molecular flexibility index (Phi) is 6.11. The number of hydrogen-bond acceptors (Lipinski definition) is 5. The van der Waals surface area contributed by atoms with Crippen LogP contribution in [0.3, 0.4) is 0 Å². The molecule has 6 nitrogen and oxygen atoms in total. The molecule has 0 unspecified atom stereocenters. The van der Waals surface area contributed by atoms with Crippen LogP contribution in [0.5, 0.6) is 0 Å². The second-order valence-electron chi connectivity index (χ2n) is 6.42. The van der Waals surface area contributed by atoms with Crippen LogP contribution >= 0.6 is 11.6 Å².